The van der Waals surface area contributed by atoms with Crippen molar-refractivity contribution in [3.05, 3.63) is 88.6 Å². The molecule has 2 aromatic carbocycles. The molecule has 3 amide bonds. The molecule has 0 unspecified atom stereocenters. The number of carbonyl (C=O) groups is 3. The van der Waals surface area contributed by atoms with Crippen molar-refractivity contribution in [2.24, 2.45) is 0 Å². The molecule has 1 saturated carbocycles. The summed E-state index contributed by atoms with van der Waals surface area (Å²) < 4.78 is 0. The number of nitrogens with one attached hydrogen (secondary N) is 2. The molecule has 204 valence electrons. The number of aromatic nitrogens is 1. The number of amides is 3. The first kappa shape index (κ1) is 28.3. The molecule has 1 heterocycles. The van der Waals surface area contributed by atoms with Crippen molar-refractivity contribution in [1.82, 2.24) is 10.3 Å². The highest BCUT2D eigenvalue weighted by Gasteiger charge is 2.34. The van der Waals surface area contributed by atoms with E-state index in [-0.39, 0.29) is 36.6 Å². The van der Waals surface area contributed by atoms with Crippen LogP contribution < -0.4 is 15.5 Å². The summed E-state index contributed by atoms with van der Waals surface area (Å²) >= 11 is 6.17. The molecule has 1 aromatic heterocycles. The summed E-state index contributed by atoms with van der Waals surface area (Å²) in [6.45, 7) is 3.93. The van der Waals surface area contributed by atoms with Crippen LogP contribution in [-0.4, -0.2) is 28.7 Å². The van der Waals surface area contributed by atoms with Gasteiger partial charge in [-0.15, -0.1) is 0 Å². The Morgan fingerprint density at radius 2 is 1.74 bits per heavy atom. The molecule has 7 nitrogen and oxygen atoms in total. The average molecular weight is 547 g/mol. The maximum absolute atomic E-state index is 13.9. The van der Waals surface area contributed by atoms with Crippen LogP contribution in [0, 0.1) is 13.8 Å². The minimum atomic E-state index is -0.876. The van der Waals surface area contributed by atoms with Gasteiger partial charge in [-0.25, -0.2) is 4.98 Å². The van der Waals surface area contributed by atoms with Gasteiger partial charge in [0.1, 0.15) is 11.9 Å². The summed E-state index contributed by atoms with van der Waals surface area (Å²) in [5.41, 5.74) is 3.30. The van der Waals surface area contributed by atoms with Gasteiger partial charge in [0.25, 0.3) is 0 Å². The highest BCUT2D eigenvalue weighted by atomic mass is 35.5. The number of nitrogens with zero attached hydrogens (tertiary/aromatic N) is 2. The standard InChI is InChI=1S/C31H35ClN4O3/c1-21-13-18-26(22(2)20-21)36(29(38)12-7-11-28(37)35-27-10-5-6-19-33-27)30(23-14-16-24(32)17-15-23)31(39)34-25-8-3-4-9-25/h5-6,10,13-20,25,30H,3-4,7-9,11-12H2,1-2H3,(H,34,39)(H,33,35,37)/t30-/m1/s1. The molecule has 4 rings (SSSR count). The second-order valence-corrected chi connectivity index (χ2v) is 10.6. The minimum Gasteiger partial charge on any atom is -0.351 e. The summed E-state index contributed by atoms with van der Waals surface area (Å²) in [5, 5.41) is 6.50. The van der Waals surface area contributed by atoms with Crippen molar-refractivity contribution >= 4 is 40.8 Å². The second-order valence-electron chi connectivity index (χ2n) is 10.1. The normalized spacial score (nSPS) is 14.0. The Labute approximate surface area is 235 Å². The maximum atomic E-state index is 13.9. The van der Waals surface area contributed by atoms with E-state index in [9.17, 15) is 14.4 Å². The van der Waals surface area contributed by atoms with E-state index in [4.69, 9.17) is 11.6 Å². The Morgan fingerprint density at radius 3 is 2.41 bits per heavy atom. The van der Waals surface area contributed by atoms with E-state index in [1.807, 2.05) is 32.0 Å². The van der Waals surface area contributed by atoms with Crippen LogP contribution in [0.2, 0.25) is 5.02 Å². The highest BCUT2D eigenvalue weighted by molar-refractivity contribution is 6.30. The van der Waals surface area contributed by atoms with Gasteiger partial charge < -0.3 is 10.6 Å². The van der Waals surface area contributed by atoms with Gasteiger partial charge in [0.2, 0.25) is 17.7 Å². The summed E-state index contributed by atoms with van der Waals surface area (Å²) in [5.74, 6) is -0.190. The Hall–Kier alpha value is -3.71. The molecule has 0 saturated heterocycles. The lowest BCUT2D eigenvalue weighted by atomic mass is 9.99. The smallest absolute Gasteiger partial charge is 0.248 e. The first-order chi connectivity index (χ1) is 18.8. The number of anilines is 2. The molecular weight excluding hydrogens is 512 g/mol. The van der Waals surface area contributed by atoms with Gasteiger partial charge in [-0.3, -0.25) is 19.3 Å². The van der Waals surface area contributed by atoms with E-state index < -0.39 is 6.04 Å². The number of aryl methyl sites for hydroxylation is 2. The van der Waals surface area contributed by atoms with E-state index in [0.29, 0.717) is 28.5 Å². The van der Waals surface area contributed by atoms with Gasteiger partial charge in [-0.2, -0.15) is 0 Å². The summed E-state index contributed by atoms with van der Waals surface area (Å²) in [6.07, 6.45) is 6.22. The molecule has 1 fully saturated rings. The SMILES string of the molecule is Cc1ccc(N(C(=O)CCCC(=O)Nc2ccccn2)[C@@H](C(=O)NC2CCCC2)c2ccc(Cl)cc2)c(C)c1. The molecule has 0 bridgehead atoms. The second kappa shape index (κ2) is 13.4. The number of hydrogen-bond donors (Lipinski definition) is 2. The van der Waals surface area contributed by atoms with Crippen LogP contribution in [0.25, 0.3) is 0 Å². The monoisotopic (exact) mass is 546 g/mol. The summed E-state index contributed by atoms with van der Waals surface area (Å²) in [4.78, 5) is 45.9. The fourth-order valence-corrected chi connectivity index (χ4v) is 5.19. The Balaban J connectivity index is 1.60. The van der Waals surface area contributed by atoms with Crippen LogP contribution in [0.3, 0.4) is 0 Å². The van der Waals surface area contributed by atoms with E-state index >= 15 is 0 Å². The van der Waals surface area contributed by atoms with E-state index in [1.54, 1.807) is 53.6 Å². The number of benzene rings is 2. The largest absolute Gasteiger partial charge is 0.351 e. The van der Waals surface area contributed by atoms with Crippen LogP contribution in [0.5, 0.6) is 0 Å². The highest BCUT2D eigenvalue weighted by Crippen LogP contribution is 2.33. The molecule has 1 atom stereocenters. The third-order valence-electron chi connectivity index (χ3n) is 7.00. The van der Waals surface area contributed by atoms with Gasteiger partial charge in [0, 0.05) is 35.8 Å². The van der Waals surface area contributed by atoms with E-state index in [1.165, 1.54) is 0 Å². The third-order valence-corrected chi connectivity index (χ3v) is 7.25. The van der Waals surface area contributed by atoms with E-state index in [2.05, 4.69) is 15.6 Å². The van der Waals surface area contributed by atoms with Gasteiger partial charge in [-0.1, -0.05) is 60.3 Å². The first-order valence-corrected chi connectivity index (χ1v) is 13.9. The maximum Gasteiger partial charge on any atom is 0.248 e. The summed E-state index contributed by atoms with van der Waals surface area (Å²) in [7, 11) is 0. The van der Waals surface area contributed by atoms with Crippen LogP contribution in [0.1, 0.15) is 67.7 Å². The molecule has 3 aromatic rings. The van der Waals surface area contributed by atoms with Crippen molar-refractivity contribution < 1.29 is 14.4 Å². The Kier molecular flexibility index (Phi) is 9.71. The zero-order valence-corrected chi connectivity index (χ0v) is 23.2. The molecular formula is C31H35ClN4O3. The van der Waals surface area contributed by atoms with Crippen LogP contribution in [-0.2, 0) is 14.4 Å². The molecule has 1 aliphatic rings. The summed E-state index contributed by atoms with van der Waals surface area (Å²) in [6, 6.07) is 17.4. The van der Waals surface area contributed by atoms with Gasteiger partial charge >= 0.3 is 0 Å². The van der Waals surface area contributed by atoms with Crippen molar-refractivity contribution in [2.75, 3.05) is 10.2 Å². The molecule has 8 heteroatoms. The average Bonchev–Trinajstić information content (AvgIpc) is 3.42. The number of halogens is 1. The van der Waals surface area contributed by atoms with E-state index in [0.717, 1.165) is 36.8 Å². The van der Waals surface area contributed by atoms with Crippen molar-refractivity contribution in [1.29, 1.82) is 0 Å². The van der Waals surface area contributed by atoms with Crippen LogP contribution in [0.15, 0.2) is 66.9 Å². The first-order valence-electron chi connectivity index (χ1n) is 13.5. The molecule has 2 N–H and O–H groups in total. The lowest BCUT2D eigenvalue weighted by molar-refractivity contribution is -0.127. The van der Waals surface area contributed by atoms with Gasteiger partial charge in [0.15, 0.2) is 0 Å². The molecule has 0 spiro atoms. The minimum absolute atomic E-state index is 0.0960. The molecule has 0 radical (unpaired) electrons. The number of pyridine rings is 1. The zero-order chi connectivity index (χ0) is 27.8. The number of carbonyl (C=O) groups excluding carboxylic acids is 3. The number of hydrogen-bond acceptors (Lipinski definition) is 4. The lowest BCUT2D eigenvalue weighted by Gasteiger charge is -2.33. The Morgan fingerprint density at radius 1 is 1.00 bits per heavy atom. The number of rotatable bonds is 10. The predicted molar refractivity (Wildman–Crippen MR) is 155 cm³/mol. The fourth-order valence-electron chi connectivity index (χ4n) is 5.07. The molecule has 1 aliphatic carbocycles. The van der Waals surface area contributed by atoms with Crippen LogP contribution in [0.4, 0.5) is 11.5 Å². The van der Waals surface area contributed by atoms with Crippen LogP contribution >= 0.6 is 11.6 Å². The topological polar surface area (TPSA) is 91.4 Å². The molecule has 0 aliphatic heterocycles. The lowest BCUT2D eigenvalue weighted by Crippen LogP contribution is -2.46. The quantitative estimate of drug-likeness (QED) is 0.312. The third kappa shape index (κ3) is 7.67. The fraction of sp³-hybridized carbons (Fsp3) is 0.355. The van der Waals surface area contributed by atoms with Gasteiger partial charge in [-0.05, 0) is 74.6 Å². The van der Waals surface area contributed by atoms with Crippen molar-refractivity contribution in [3.63, 3.8) is 0 Å². The predicted octanol–water partition coefficient (Wildman–Crippen LogP) is 6.29. The molecule has 39 heavy (non-hydrogen) atoms. The van der Waals surface area contributed by atoms with Crippen molar-refractivity contribution in [3.8, 4) is 0 Å². The van der Waals surface area contributed by atoms with Gasteiger partial charge in [0.05, 0.1) is 0 Å². The Bertz CT molecular complexity index is 1290. The zero-order valence-electron chi connectivity index (χ0n) is 22.5. The van der Waals surface area contributed by atoms with Crippen molar-refractivity contribution in [2.45, 2.75) is 70.9 Å².